The molecule has 0 radical (unpaired) electrons. The van der Waals surface area contributed by atoms with E-state index in [1.54, 1.807) is 13.0 Å². The summed E-state index contributed by atoms with van der Waals surface area (Å²) in [5.41, 5.74) is 1.02. The fourth-order valence-electron chi connectivity index (χ4n) is 2.35. The number of hydrogen-bond donors (Lipinski definition) is 1. The van der Waals surface area contributed by atoms with Gasteiger partial charge in [-0.3, -0.25) is 0 Å². The summed E-state index contributed by atoms with van der Waals surface area (Å²) in [6.45, 7) is 1.79. The topological polar surface area (TPSA) is 20.2 Å². The minimum Gasteiger partial charge on any atom is -0.385 e. The average molecular weight is 218 g/mol. The van der Waals surface area contributed by atoms with Crippen LogP contribution in [-0.4, -0.2) is 5.11 Å². The molecule has 84 valence electrons. The van der Waals surface area contributed by atoms with Crippen molar-refractivity contribution in [2.75, 3.05) is 0 Å². The molecule has 16 heavy (non-hydrogen) atoms. The van der Waals surface area contributed by atoms with Crippen molar-refractivity contribution in [1.82, 2.24) is 0 Å². The third-order valence-electron chi connectivity index (χ3n) is 3.22. The van der Waals surface area contributed by atoms with Crippen LogP contribution in [0.3, 0.4) is 0 Å². The number of aliphatic hydroxyl groups is 1. The van der Waals surface area contributed by atoms with Gasteiger partial charge in [-0.05, 0) is 49.4 Å². The lowest BCUT2D eigenvalue weighted by Gasteiger charge is -2.22. The van der Waals surface area contributed by atoms with Crippen molar-refractivity contribution in [3.05, 3.63) is 35.1 Å². The van der Waals surface area contributed by atoms with Crippen molar-refractivity contribution in [2.45, 2.75) is 38.2 Å². The van der Waals surface area contributed by atoms with E-state index in [2.05, 4.69) is 11.8 Å². The number of aryl methyl sites for hydroxylation is 1. The Labute approximate surface area is 95.3 Å². The van der Waals surface area contributed by atoms with Gasteiger partial charge in [-0.25, -0.2) is 4.39 Å². The fourth-order valence-corrected chi connectivity index (χ4v) is 2.35. The van der Waals surface area contributed by atoms with Crippen LogP contribution >= 0.6 is 0 Å². The molecule has 0 aromatic heterocycles. The highest BCUT2D eigenvalue weighted by molar-refractivity contribution is 5.37. The second kappa shape index (κ2) is 4.27. The van der Waals surface area contributed by atoms with Gasteiger partial charge in [-0.15, -0.1) is 11.8 Å². The van der Waals surface area contributed by atoms with Gasteiger partial charge in [0.1, 0.15) is 5.82 Å². The Kier molecular flexibility index (Phi) is 2.98. The lowest BCUT2D eigenvalue weighted by molar-refractivity contribution is 0.0310. The summed E-state index contributed by atoms with van der Waals surface area (Å²) in [6.07, 6.45) is 2.75. The molecule has 0 spiro atoms. The van der Waals surface area contributed by atoms with Gasteiger partial charge in [0.25, 0.3) is 0 Å². The Morgan fingerprint density at radius 3 is 3.06 bits per heavy atom. The molecule has 0 heterocycles. The highest BCUT2D eigenvalue weighted by atomic mass is 19.1. The van der Waals surface area contributed by atoms with Crippen LogP contribution in [0.4, 0.5) is 4.39 Å². The molecule has 1 N–H and O–H groups in total. The number of benzene rings is 1. The van der Waals surface area contributed by atoms with E-state index in [1.807, 2.05) is 0 Å². The summed E-state index contributed by atoms with van der Waals surface area (Å²) < 4.78 is 13.0. The minimum absolute atomic E-state index is 0.226. The summed E-state index contributed by atoms with van der Waals surface area (Å²) in [5.74, 6) is 5.55. The van der Waals surface area contributed by atoms with Gasteiger partial charge in [0.05, 0.1) is 5.60 Å². The maximum absolute atomic E-state index is 13.0. The summed E-state index contributed by atoms with van der Waals surface area (Å²) >= 11 is 0. The molecule has 0 bridgehead atoms. The van der Waals surface area contributed by atoms with E-state index in [0.29, 0.717) is 19.3 Å². The molecular weight excluding hydrogens is 203 g/mol. The van der Waals surface area contributed by atoms with E-state index < -0.39 is 5.60 Å². The zero-order valence-corrected chi connectivity index (χ0v) is 9.39. The van der Waals surface area contributed by atoms with Crippen LogP contribution in [-0.2, 0) is 12.0 Å². The Morgan fingerprint density at radius 1 is 1.50 bits per heavy atom. The molecule has 1 atom stereocenters. The van der Waals surface area contributed by atoms with Gasteiger partial charge in [0, 0.05) is 6.42 Å². The quantitative estimate of drug-likeness (QED) is 0.757. The van der Waals surface area contributed by atoms with Crippen molar-refractivity contribution in [3.63, 3.8) is 0 Å². The Morgan fingerprint density at radius 2 is 2.31 bits per heavy atom. The van der Waals surface area contributed by atoms with E-state index >= 15 is 0 Å². The van der Waals surface area contributed by atoms with Gasteiger partial charge in [0.15, 0.2) is 0 Å². The second-order valence-corrected chi connectivity index (χ2v) is 4.26. The molecule has 0 saturated carbocycles. The molecule has 1 aromatic carbocycles. The van der Waals surface area contributed by atoms with Crippen LogP contribution in [0.1, 0.15) is 37.3 Å². The van der Waals surface area contributed by atoms with Crippen LogP contribution in [0.25, 0.3) is 0 Å². The van der Waals surface area contributed by atoms with Gasteiger partial charge in [-0.2, -0.15) is 0 Å². The van der Waals surface area contributed by atoms with E-state index in [-0.39, 0.29) is 5.82 Å². The minimum atomic E-state index is -0.799. The van der Waals surface area contributed by atoms with Crippen LogP contribution in [0.2, 0.25) is 0 Å². The Balaban J connectivity index is 2.23. The predicted molar refractivity (Wildman–Crippen MR) is 61.3 cm³/mol. The normalized spacial score (nSPS) is 22.4. The summed E-state index contributed by atoms with van der Waals surface area (Å²) in [5, 5.41) is 10.5. The van der Waals surface area contributed by atoms with E-state index in [1.165, 1.54) is 12.1 Å². The average Bonchev–Trinajstić information content (AvgIpc) is 2.57. The summed E-state index contributed by atoms with van der Waals surface area (Å²) in [4.78, 5) is 0. The maximum atomic E-state index is 13.0. The van der Waals surface area contributed by atoms with Crippen molar-refractivity contribution in [3.8, 4) is 11.8 Å². The molecule has 1 nitrogen and oxygen atoms in total. The van der Waals surface area contributed by atoms with Crippen molar-refractivity contribution < 1.29 is 9.50 Å². The molecule has 0 aliphatic heterocycles. The largest absolute Gasteiger partial charge is 0.385 e. The summed E-state index contributed by atoms with van der Waals surface area (Å²) in [6, 6.07) is 4.65. The third kappa shape index (κ3) is 1.96. The number of fused-ring (bicyclic) bond motifs is 1. The second-order valence-electron chi connectivity index (χ2n) is 4.26. The highest BCUT2D eigenvalue weighted by Gasteiger charge is 2.35. The molecule has 1 aromatic rings. The van der Waals surface area contributed by atoms with Gasteiger partial charge >= 0.3 is 0 Å². The predicted octanol–water partition coefficient (Wildman–Crippen LogP) is 2.76. The standard InChI is InChI=1S/C14H15FO/c1-2-3-4-8-14(16)9-7-11-10-12(15)5-6-13(11)14/h5-6,10,16H,4,7-9H2,1H3. The number of rotatable bonds is 2. The Hall–Kier alpha value is -1.33. The number of halogens is 1. The molecule has 0 saturated heterocycles. The molecule has 1 aliphatic rings. The maximum Gasteiger partial charge on any atom is 0.123 e. The molecule has 1 aliphatic carbocycles. The SMILES string of the molecule is CC#CCCC1(O)CCc2cc(F)ccc21. The van der Waals surface area contributed by atoms with Crippen LogP contribution in [0.5, 0.6) is 0 Å². The first-order chi connectivity index (χ1) is 7.65. The molecule has 0 fully saturated rings. The third-order valence-corrected chi connectivity index (χ3v) is 3.22. The zero-order valence-electron chi connectivity index (χ0n) is 9.39. The summed E-state index contributed by atoms with van der Waals surface area (Å²) in [7, 11) is 0. The van der Waals surface area contributed by atoms with Gasteiger partial charge in [0.2, 0.25) is 0 Å². The molecule has 2 heteroatoms. The first-order valence-corrected chi connectivity index (χ1v) is 5.56. The van der Waals surface area contributed by atoms with Crippen LogP contribution in [0, 0.1) is 17.7 Å². The lowest BCUT2D eigenvalue weighted by Crippen LogP contribution is -2.21. The first-order valence-electron chi connectivity index (χ1n) is 5.56. The monoisotopic (exact) mass is 218 g/mol. The molecule has 1 unspecified atom stereocenters. The molecular formula is C14H15FO. The zero-order chi connectivity index (χ0) is 11.6. The molecule has 2 rings (SSSR count). The van der Waals surface area contributed by atoms with Gasteiger partial charge < -0.3 is 5.11 Å². The molecule has 0 amide bonds. The number of hydrogen-bond acceptors (Lipinski definition) is 1. The lowest BCUT2D eigenvalue weighted by atomic mass is 9.91. The smallest absolute Gasteiger partial charge is 0.123 e. The van der Waals surface area contributed by atoms with Crippen molar-refractivity contribution >= 4 is 0 Å². The highest BCUT2D eigenvalue weighted by Crippen LogP contribution is 2.40. The van der Waals surface area contributed by atoms with Gasteiger partial charge in [-0.1, -0.05) is 6.07 Å². The first kappa shape index (κ1) is 11.2. The van der Waals surface area contributed by atoms with E-state index in [9.17, 15) is 9.50 Å². The van der Waals surface area contributed by atoms with Crippen LogP contribution < -0.4 is 0 Å². The van der Waals surface area contributed by atoms with E-state index in [4.69, 9.17) is 0 Å². The Bertz CT molecular complexity index is 456. The van der Waals surface area contributed by atoms with Crippen LogP contribution in [0.15, 0.2) is 18.2 Å². The van der Waals surface area contributed by atoms with Crippen molar-refractivity contribution in [1.29, 1.82) is 0 Å². The van der Waals surface area contributed by atoms with E-state index in [0.717, 1.165) is 17.5 Å². The fraction of sp³-hybridized carbons (Fsp3) is 0.429. The van der Waals surface area contributed by atoms with Crippen molar-refractivity contribution in [2.24, 2.45) is 0 Å².